The van der Waals surface area contributed by atoms with Gasteiger partial charge >= 0.3 is 0 Å². The summed E-state index contributed by atoms with van der Waals surface area (Å²) in [6.45, 7) is 9.92. The zero-order chi connectivity index (χ0) is 23.5. The molecule has 0 bridgehead atoms. The van der Waals surface area contributed by atoms with Gasteiger partial charge in [0.15, 0.2) is 0 Å². The Morgan fingerprint density at radius 2 is 1.81 bits per heavy atom. The van der Waals surface area contributed by atoms with Gasteiger partial charge in [0.2, 0.25) is 5.91 Å². The topological polar surface area (TPSA) is 40.5 Å². The fourth-order valence-electron chi connectivity index (χ4n) is 5.18. The van der Waals surface area contributed by atoms with E-state index in [4.69, 9.17) is 23.2 Å². The van der Waals surface area contributed by atoms with Crippen molar-refractivity contribution in [3.8, 4) is 0 Å². The summed E-state index contributed by atoms with van der Waals surface area (Å²) < 4.78 is 0. The highest BCUT2D eigenvalue weighted by Crippen LogP contribution is 2.52. The molecule has 0 aromatic heterocycles. The lowest BCUT2D eigenvalue weighted by Gasteiger charge is -2.52. The van der Waals surface area contributed by atoms with Crippen LogP contribution in [0.1, 0.15) is 69.5 Å². The van der Waals surface area contributed by atoms with Crippen LogP contribution in [-0.4, -0.2) is 28.1 Å². The van der Waals surface area contributed by atoms with Gasteiger partial charge in [0.05, 0.1) is 23.6 Å². The molecule has 5 atom stereocenters. The number of piperidine rings is 1. The van der Waals surface area contributed by atoms with Crippen molar-refractivity contribution in [1.29, 1.82) is 0 Å². The highest BCUT2D eigenvalue weighted by molar-refractivity contribution is 6.30. The average molecular weight is 474 g/mol. The van der Waals surface area contributed by atoms with Crippen LogP contribution in [0.2, 0.25) is 10.0 Å². The Kier molecular flexibility index (Phi) is 8.08. The van der Waals surface area contributed by atoms with Gasteiger partial charge in [-0.15, -0.1) is 6.58 Å². The van der Waals surface area contributed by atoms with Gasteiger partial charge in [0.25, 0.3) is 0 Å². The average Bonchev–Trinajstić information content (AvgIpc) is 2.77. The van der Waals surface area contributed by atoms with E-state index in [1.54, 1.807) is 0 Å². The molecule has 32 heavy (non-hydrogen) atoms. The molecule has 3 unspecified atom stereocenters. The summed E-state index contributed by atoms with van der Waals surface area (Å²) in [4.78, 5) is 16.0. The van der Waals surface area contributed by atoms with Crippen LogP contribution in [0, 0.1) is 5.41 Å². The quantitative estimate of drug-likeness (QED) is 0.412. The maximum Gasteiger partial charge on any atom is 0.229 e. The smallest absolute Gasteiger partial charge is 0.229 e. The van der Waals surface area contributed by atoms with E-state index in [1.807, 2.05) is 74.2 Å². The number of nitrogens with zero attached hydrogens (tertiary/aromatic N) is 1. The molecule has 2 aromatic rings. The van der Waals surface area contributed by atoms with Crippen LogP contribution >= 0.6 is 23.2 Å². The van der Waals surface area contributed by atoms with Crippen LogP contribution in [0.25, 0.3) is 0 Å². The number of carbonyl (C=O) groups is 1. The van der Waals surface area contributed by atoms with Gasteiger partial charge < -0.3 is 10.0 Å². The molecule has 0 radical (unpaired) electrons. The first-order chi connectivity index (χ1) is 15.3. The molecule has 1 saturated heterocycles. The molecule has 1 aliphatic heterocycles. The Morgan fingerprint density at radius 3 is 2.38 bits per heavy atom. The molecule has 172 valence electrons. The summed E-state index contributed by atoms with van der Waals surface area (Å²) in [5.41, 5.74) is 1.49. The maximum absolute atomic E-state index is 14.1. The number of aliphatic hydroxyl groups excluding tert-OH is 1. The Bertz CT molecular complexity index is 945. The van der Waals surface area contributed by atoms with E-state index in [9.17, 15) is 9.90 Å². The third-order valence-electron chi connectivity index (χ3n) is 6.82. The molecule has 1 N–H and O–H groups in total. The van der Waals surface area contributed by atoms with Crippen LogP contribution in [0.5, 0.6) is 0 Å². The third-order valence-corrected chi connectivity index (χ3v) is 7.31. The molecule has 0 aliphatic carbocycles. The Morgan fingerprint density at radius 1 is 1.12 bits per heavy atom. The van der Waals surface area contributed by atoms with Crippen LogP contribution in [0.4, 0.5) is 0 Å². The highest BCUT2D eigenvalue weighted by atomic mass is 35.5. The van der Waals surface area contributed by atoms with Gasteiger partial charge in [-0.05, 0) is 61.1 Å². The maximum atomic E-state index is 14.1. The van der Waals surface area contributed by atoms with Crippen molar-refractivity contribution in [1.82, 2.24) is 4.90 Å². The summed E-state index contributed by atoms with van der Waals surface area (Å²) in [5.74, 6) is 0.0746. The molecule has 1 amide bonds. The molecular weight excluding hydrogens is 441 g/mol. The number of aliphatic hydroxyl groups is 1. The molecule has 0 saturated carbocycles. The van der Waals surface area contributed by atoms with E-state index in [-0.39, 0.29) is 23.9 Å². The fourth-order valence-corrected chi connectivity index (χ4v) is 5.50. The normalized spacial score (nSPS) is 25.4. The minimum absolute atomic E-state index is 0.00984. The molecular formula is C27H33Cl2NO2. The standard InChI is InChI=1S/C27H33Cl2NO2/c1-5-15-27(4)17-22(19-9-8-10-21(29)16-19)25(18-11-13-20(28)14-12-18)30(26(27)32)23(6-2)24(31)7-3/h5,8-14,16,22-25,31H,1,6-7,15,17H2,2-4H3/t22-,23?,24?,25?,27+/m1/s1. The number of benzene rings is 2. The molecule has 1 aliphatic rings. The number of likely N-dealkylation sites (tertiary alicyclic amines) is 1. The minimum atomic E-state index is -0.613. The molecule has 5 heteroatoms. The van der Waals surface area contributed by atoms with E-state index in [0.717, 1.165) is 11.1 Å². The highest BCUT2D eigenvalue weighted by Gasteiger charge is 2.51. The molecule has 1 heterocycles. The molecule has 3 nitrogen and oxygen atoms in total. The zero-order valence-electron chi connectivity index (χ0n) is 19.1. The lowest BCUT2D eigenvalue weighted by molar-refractivity contribution is -0.158. The van der Waals surface area contributed by atoms with Gasteiger partial charge in [-0.3, -0.25) is 4.79 Å². The number of amides is 1. The molecule has 1 fully saturated rings. The number of allylic oxidation sites excluding steroid dienone is 1. The number of hydrogen-bond donors (Lipinski definition) is 1. The van der Waals surface area contributed by atoms with Crippen molar-refractivity contribution in [2.45, 2.75) is 70.6 Å². The Balaban J connectivity index is 2.25. The number of hydrogen-bond acceptors (Lipinski definition) is 2. The van der Waals surface area contributed by atoms with Crippen molar-refractivity contribution in [2.24, 2.45) is 5.41 Å². The second-order valence-corrected chi connectivity index (χ2v) is 9.95. The third kappa shape index (κ3) is 4.90. The predicted molar refractivity (Wildman–Crippen MR) is 133 cm³/mol. The van der Waals surface area contributed by atoms with Crippen molar-refractivity contribution in [3.05, 3.63) is 82.4 Å². The van der Waals surface area contributed by atoms with Gasteiger partial charge in [0, 0.05) is 16.0 Å². The van der Waals surface area contributed by atoms with E-state index in [1.165, 1.54) is 0 Å². The van der Waals surface area contributed by atoms with Gasteiger partial charge in [-0.25, -0.2) is 0 Å². The van der Waals surface area contributed by atoms with Crippen LogP contribution in [0.3, 0.4) is 0 Å². The Hall–Kier alpha value is -1.81. The lowest BCUT2D eigenvalue weighted by atomic mass is 9.67. The first kappa shape index (κ1) is 24.8. The van der Waals surface area contributed by atoms with Crippen LogP contribution < -0.4 is 0 Å². The molecule has 2 aromatic carbocycles. The second-order valence-electron chi connectivity index (χ2n) is 9.08. The second kappa shape index (κ2) is 10.4. The summed E-state index contributed by atoms with van der Waals surface area (Å²) in [6, 6.07) is 15.1. The molecule has 3 rings (SSSR count). The van der Waals surface area contributed by atoms with Crippen LogP contribution in [-0.2, 0) is 4.79 Å². The summed E-state index contributed by atoms with van der Waals surface area (Å²) >= 11 is 12.6. The van der Waals surface area contributed by atoms with Gasteiger partial charge in [0.1, 0.15) is 0 Å². The number of rotatable bonds is 8. The summed E-state index contributed by atoms with van der Waals surface area (Å²) in [6.07, 6.45) is 3.70. The van der Waals surface area contributed by atoms with Crippen molar-refractivity contribution in [3.63, 3.8) is 0 Å². The van der Waals surface area contributed by atoms with E-state index in [2.05, 4.69) is 12.6 Å². The van der Waals surface area contributed by atoms with Crippen molar-refractivity contribution < 1.29 is 9.90 Å². The Labute approximate surface area is 202 Å². The SMILES string of the molecule is C=CC[C@@]1(C)C[C@H](c2cccc(Cl)c2)C(c2ccc(Cl)cc2)N(C(CC)C(O)CC)C1=O. The van der Waals surface area contributed by atoms with Gasteiger partial charge in [-0.1, -0.05) is 74.3 Å². The van der Waals surface area contributed by atoms with E-state index in [0.29, 0.717) is 35.7 Å². The lowest BCUT2D eigenvalue weighted by Crippen LogP contribution is -2.58. The zero-order valence-corrected chi connectivity index (χ0v) is 20.6. The van der Waals surface area contributed by atoms with E-state index < -0.39 is 11.5 Å². The number of carbonyl (C=O) groups excluding carboxylic acids is 1. The number of halogens is 2. The largest absolute Gasteiger partial charge is 0.391 e. The monoisotopic (exact) mass is 473 g/mol. The minimum Gasteiger partial charge on any atom is -0.391 e. The van der Waals surface area contributed by atoms with Crippen molar-refractivity contribution in [2.75, 3.05) is 0 Å². The summed E-state index contributed by atoms with van der Waals surface area (Å²) in [5, 5.41) is 12.3. The van der Waals surface area contributed by atoms with Crippen LogP contribution in [0.15, 0.2) is 61.2 Å². The fraction of sp³-hybridized carbons (Fsp3) is 0.444. The van der Waals surface area contributed by atoms with Gasteiger partial charge in [-0.2, -0.15) is 0 Å². The first-order valence-electron chi connectivity index (χ1n) is 11.4. The first-order valence-corrected chi connectivity index (χ1v) is 12.1. The molecule has 0 spiro atoms. The predicted octanol–water partition coefficient (Wildman–Crippen LogP) is 7.18. The summed E-state index contributed by atoms with van der Waals surface area (Å²) in [7, 11) is 0. The van der Waals surface area contributed by atoms with Crippen molar-refractivity contribution >= 4 is 29.1 Å². The van der Waals surface area contributed by atoms with E-state index >= 15 is 0 Å².